The summed E-state index contributed by atoms with van der Waals surface area (Å²) in [6.07, 6.45) is 7.21. The van der Waals surface area contributed by atoms with Crippen LogP contribution in [0, 0.1) is 0 Å². The number of pyridine rings is 1. The predicted octanol–water partition coefficient (Wildman–Crippen LogP) is 4.26. The standard InChI is InChI=1S/C16H26ClN3O/c1-3-5-6-7-8-9-12-19-16(21)15-13(17)10-11-14(20-15)18-4-2/h10-11H,3-9,12H2,1-2H3,(H,18,20)(H,19,21). The second kappa shape index (κ2) is 10.4. The Morgan fingerprint density at radius 1 is 1.14 bits per heavy atom. The number of aromatic nitrogens is 1. The minimum absolute atomic E-state index is 0.201. The van der Waals surface area contributed by atoms with E-state index in [0.29, 0.717) is 23.1 Å². The lowest BCUT2D eigenvalue weighted by Gasteiger charge is -2.08. The van der Waals surface area contributed by atoms with E-state index in [1.54, 1.807) is 12.1 Å². The molecule has 118 valence electrons. The Balaban J connectivity index is 2.36. The van der Waals surface area contributed by atoms with Gasteiger partial charge in [-0.1, -0.05) is 50.6 Å². The third-order valence-corrected chi connectivity index (χ3v) is 3.54. The first-order valence-electron chi connectivity index (χ1n) is 7.87. The van der Waals surface area contributed by atoms with E-state index in [0.717, 1.165) is 19.4 Å². The van der Waals surface area contributed by atoms with Gasteiger partial charge >= 0.3 is 0 Å². The van der Waals surface area contributed by atoms with Gasteiger partial charge in [-0.25, -0.2) is 4.98 Å². The molecule has 0 spiro atoms. The molecule has 1 rings (SSSR count). The van der Waals surface area contributed by atoms with Gasteiger partial charge in [-0.15, -0.1) is 0 Å². The van der Waals surface area contributed by atoms with E-state index in [9.17, 15) is 4.79 Å². The highest BCUT2D eigenvalue weighted by Crippen LogP contribution is 2.16. The Bertz CT molecular complexity index is 438. The molecule has 1 aromatic heterocycles. The van der Waals surface area contributed by atoms with Gasteiger partial charge in [0, 0.05) is 13.1 Å². The number of carbonyl (C=O) groups is 1. The molecule has 0 saturated carbocycles. The molecule has 21 heavy (non-hydrogen) atoms. The summed E-state index contributed by atoms with van der Waals surface area (Å²) < 4.78 is 0. The van der Waals surface area contributed by atoms with Gasteiger partial charge in [0.15, 0.2) is 0 Å². The second-order valence-corrected chi connectivity index (χ2v) is 5.49. The lowest BCUT2D eigenvalue weighted by atomic mass is 10.1. The molecule has 0 fully saturated rings. The first-order chi connectivity index (χ1) is 10.2. The Morgan fingerprint density at radius 3 is 2.57 bits per heavy atom. The van der Waals surface area contributed by atoms with Crippen molar-refractivity contribution in [3.8, 4) is 0 Å². The Hall–Kier alpha value is -1.29. The van der Waals surface area contributed by atoms with Gasteiger partial charge in [0.25, 0.3) is 5.91 Å². The summed E-state index contributed by atoms with van der Waals surface area (Å²) in [5.41, 5.74) is 0.293. The number of hydrogen-bond acceptors (Lipinski definition) is 3. The van der Waals surface area contributed by atoms with Crippen molar-refractivity contribution in [2.24, 2.45) is 0 Å². The van der Waals surface area contributed by atoms with Crippen molar-refractivity contribution in [1.82, 2.24) is 10.3 Å². The molecule has 0 aliphatic heterocycles. The second-order valence-electron chi connectivity index (χ2n) is 5.08. The maximum atomic E-state index is 12.1. The summed E-state index contributed by atoms with van der Waals surface area (Å²) in [5.74, 6) is 0.472. The fraction of sp³-hybridized carbons (Fsp3) is 0.625. The van der Waals surface area contributed by atoms with E-state index in [1.165, 1.54) is 25.7 Å². The number of nitrogens with zero attached hydrogens (tertiary/aromatic N) is 1. The fourth-order valence-corrected chi connectivity index (χ4v) is 2.26. The van der Waals surface area contributed by atoms with E-state index in [1.807, 2.05) is 6.92 Å². The van der Waals surface area contributed by atoms with E-state index < -0.39 is 0 Å². The van der Waals surface area contributed by atoms with Crippen LogP contribution in [0.5, 0.6) is 0 Å². The zero-order chi connectivity index (χ0) is 15.5. The molecule has 0 unspecified atom stereocenters. The highest BCUT2D eigenvalue weighted by atomic mass is 35.5. The molecule has 0 aliphatic carbocycles. The van der Waals surface area contributed by atoms with Crippen molar-refractivity contribution >= 4 is 23.3 Å². The van der Waals surface area contributed by atoms with Crippen molar-refractivity contribution in [3.63, 3.8) is 0 Å². The molecular formula is C16H26ClN3O. The third-order valence-electron chi connectivity index (χ3n) is 3.23. The minimum atomic E-state index is -0.201. The van der Waals surface area contributed by atoms with Gasteiger partial charge < -0.3 is 10.6 Å². The van der Waals surface area contributed by atoms with Crippen molar-refractivity contribution in [2.75, 3.05) is 18.4 Å². The number of carbonyl (C=O) groups excluding carboxylic acids is 1. The molecule has 2 N–H and O–H groups in total. The Kier molecular flexibility index (Phi) is 8.83. The number of amides is 1. The first-order valence-corrected chi connectivity index (χ1v) is 8.25. The molecule has 0 atom stereocenters. The number of nitrogens with one attached hydrogen (secondary N) is 2. The van der Waals surface area contributed by atoms with Gasteiger partial charge in [-0.05, 0) is 25.5 Å². The van der Waals surface area contributed by atoms with Crippen LogP contribution in [0.1, 0.15) is 62.9 Å². The maximum absolute atomic E-state index is 12.1. The summed E-state index contributed by atoms with van der Waals surface area (Å²) in [6, 6.07) is 3.47. The molecule has 1 amide bonds. The lowest BCUT2D eigenvalue weighted by Crippen LogP contribution is -2.26. The monoisotopic (exact) mass is 311 g/mol. The zero-order valence-corrected chi connectivity index (χ0v) is 13.8. The maximum Gasteiger partial charge on any atom is 0.271 e. The molecule has 0 aliphatic rings. The van der Waals surface area contributed by atoms with Crippen LogP contribution in [0.2, 0.25) is 5.02 Å². The van der Waals surface area contributed by atoms with E-state index in [4.69, 9.17) is 11.6 Å². The minimum Gasteiger partial charge on any atom is -0.370 e. The van der Waals surface area contributed by atoms with Gasteiger partial charge in [-0.2, -0.15) is 0 Å². The third kappa shape index (κ3) is 6.80. The average Bonchev–Trinajstić information content (AvgIpc) is 2.48. The quantitative estimate of drug-likeness (QED) is 0.635. The molecule has 0 radical (unpaired) electrons. The smallest absolute Gasteiger partial charge is 0.271 e. The summed E-state index contributed by atoms with van der Waals surface area (Å²) in [5, 5.41) is 6.35. The highest BCUT2D eigenvalue weighted by molar-refractivity contribution is 6.33. The van der Waals surface area contributed by atoms with Gasteiger partial charge in [0.2, 0.25) is 0 Å². The van der Waals surface area contributed by atoms with Gasteiger partial charge in [-0.3, -0.25) is 4.79 Å². The van der Waals surface area contributed by atoms with Crippen LogP contribution in [-0.2, 0) is 0 Å². The van der Waals surface area contributed by atoms with Crippen LogP contribution in [0.25, 0.3) is 0 Å². The normalized spacial score (nSPS) is 10.4. The van der Waals surface area contributed by atoms with Crippen LogP contribution in [-0.4, -0.2) is 24.0 Å². The Morgan fingerprint density at radius 2 is 1.86 bits per heavy atom. The van der Waals surface area contributed by atoms with Crippen LogP contribution in [0.3, 0.4) is 0 Å². The van der Waals surface area contributed by atoms with Crippen LogP contribution in [0.4, 0.5) is 5.82 Å². The van der Waals surface area contributed by atoms with Gasteiger partial charge in [0.05, 0.1) is 5.02 Å². The van der Waals surface area contributed by atoms with Crippen molar-refractivity contribution in [2.45, 2.75) is 52.4 Å². The Labute approximate surface area is 132 Å². The van der Waals surface area contributed by atoms with E-state index in [-0.39, 0.29) is 5.91 Å². The first kappa shape index (κ1) is 17.8. The molecule has 0 bridgehead atoms. The lowest BCUT2D eigenvalue weighted by molar-refractivity contribution is 0.0948. The fourth-order valence-electron chi connectivity index (χ4n) is 2.07. The predicted molar refractivity (Wildman–Crippen MR) is 89.1 cm³/mol. The number of anilines is 1. The summed E-state index contributed by atoms with van der Waals surface area (Å²) in [7, 11) is 0. The zero-order valence-electron chi connectivity index (χ0n) is 13.0. The average molecular weight is 312 g/mol. The molecule has 5 heteroatoms. The summed E-state index contributed by atoms with van der Waals surface area (Å²) >= 11 is 6.04. The molecule has 4 nitrogen and oxygen atoms in total. The molecule has 1 heterocycles. The summed E-state index contributed by atoms with van der Waals surface area (Å²) in [4.78, 5) is 16.3. The molecular weight excluding hydrogens is 286 g/mol. The number of rotatable bonds is 10. The number of unbranched alkanes of at least 4 members (excludes halogenated alkanes) is 5. The molecule has 0 aromatic carbocycles. The van der Waals surface area contributed by atoms with Gasteiger partial charge in [0.1, 0.15) is 11.5 Å². The molecule has 1 aromatic rings. The van der Waals surface area contributed by atoms with Crippen LogP contribution in [0.15, 0.2) is 12.1 Å². The number of hydrogen-bond donors (Lipinski definition) is 2. The van der Waals surface area contributed by atoms with Crippen molar-refractivity contribution in [1.29, 1.82) is 0 Å². The van der Waals surface area contributed by atoms with E-state index in [2.05, 4.69) is 22.5 Å². The largest absolute Gasteiger partial charge is 0.370 e. The van der Waals surface area contributed by atoms with E-state index >= 15 is 0 Å². The van der Waals surface area contributed by atoms with Crippen molar-refractivity contribution < 1.29 is 4.79 Å². The highest BCUT2D eigenvalue weighted by Gasteiger charge is 2.12. The topological polar surface area (TPSA) is 54.0 Å². The number of halogens is 1. The van der Waals surface area contributed by atoms with Crippen LogP contribution >= 0.6 is 11.6 Å². The van der Waals surface area contributed by atoms with Crippen molar-refractivity contribution in [3.05, 3.63) is 22.8 Å². The SMILES string of the molecule is CCCCCCCCNC(=O)c1nc(NCC)ccc1Cl. The molecule has 0 saturated heterocycles. The summed E-state index contributed by atoms with van der Waals surface area (Å²) in [6.45, 7) is 5.62. The van der Waals surface area contributed by atoms with Crippen LogP contribution < -0.4 is 10.6 Å².